The zero-order valence-electron chi connectivity index (χ0n) is 11.5. The summed E-state index contributed by atoms with van der Waals surface area (Å²) in [5.41, 5.74) is 12.4. The number of carbonyl (C=O) groups excluding carboxylic acids is 2. The van der Waals surface area contributed by atoms with E-state index in [0.29, 0.717) is 24.3 Å². The number of hydrogen-bond donors (Lipinski definition) is 3. The number of anilines is 1. The van der Waals surface area contributed by atoms with Crippen LogP contribution in [0.4, 0.5) is 15.3 Å². The van der Waals surface area contributed by atoms with Gasteiger partial charge in [0.15, 0.2) is 0 Å². The first-order valence-corrected chi connectivity index (χ1v) is 6.77. The van der Waals surface area contributed by atoms with E-state index in [4.69, 9.17) is 11.5 Å². The highest BCUT2D eigenvalue weighted by atomic mass is 16.2. The fraction of sp³-hybridized carbons (Fsp3) is 0.286. The molecule has 0 radical (unpaired) electrons. The molecule has 7 heteroatoms. The van der Waals surface area contributed by atoms with E-state index in [9.17, 15) is 9.59 Å². The highest BCUT2D eigenvalue weighted by Gasteiger charge is 2.24. The highest BCUT2D eigenvalue weighted by Crippen LogP contribution is 2.26. The van der Waals surface area contributed by atoms with E-state index in [1.165, 1.54) is 4.57 Å². The first-order chi connectivity index (χ1) is 10.1. The second kappa shape index (κ2) is 5.10. The maximum Gasteiger partial charge on any atom is 0.323 e. The lowest BCUT2D eigenvalue weighted by atomic mass is 10.2. The third kappa shape index (κ3) is 2.43. The summed E-state index contributed by atoms with van der Waals surface area (Å²) >= 11 is 0. The number of aromatic nitrogens is 1. The quantitative estimate of drug-likeness (QED) is 0.732. The molecular formula is C14H17N5O2. The van der Waals surface area contributed by atoms with E-state index >= 15 is 0 Å². The number of carbonyl (C=O) groups is 2. The van der Waals surface area contributed by atoms with Crippen LogP contribution in [0.15, 0.2) is 30.5 Å². The predicted octanol–water partition coefficient (Wildman–Crippen LogP) is 1.13. The summed E-state index contributed by atoms with van der Waals surface area (Å²) in [6.07, 6.45) is 2.34. The summed E-state index contributed by atoms with van der Waals surface area (Å²) in [5, 5.41) is 3.60. The number of nitrogens with one attached hydrogen (secondary N) is 1. The molecule has 0 aliphatic carbocycles. The van der Waals surface area contributed by atoms with E-state index in [0.717, 1.165) is 11.8 Å². The number of nitrogens with zero attached hydrogens (tertiary/aromatic N) is 2. The van der Waals surface area contributed by atoms with Crippen LogP contribution in [-0.4, -0.2) is 40.7 Å². The largest absolute Gasteiger partial charge is 0.351 e. The van der Waals surface area contributed by atoms with Crippen LogP contribution < -0.4 is 16.8 Å². The molecule has 7 nitrogen and oxygen atoms in total. The molecule has 1 unspecified atom stereocenters. The molecule has 2 aromatic rings. The normalized spacial score (nSPS) is 18.1. The molecule has 0 saturated carbocycles. The van der Waals surface area contributed by atoms with Crippen molar-refractivity contribution in [3.8, 4) is 0 Å². The summed E-state index contributed by atoms with van der Waals surface area (Å²) in [4.78, 5) is 25.3. The van der Waals surface area contributed by atoms with Gasteiger partial charge in [0.05, 0.1) is 11.2 Å². The molecule has 0 bridgehead atoms. The SMILES string of the molecule is NC(=O)n1cc(NC(=O)N2CCC(N)C2)c2ccccc21. The lowest BCUT2D eigenvalue weighted by molar-refractivity contribution is 0.222. The van der Waals surface area contributed by atoms with Crippen molar-refractivity contribution in [2.24, 2.45) is 11.5 Å². The molecule has 1 aromatic carbocycles. The Hall–Kier alpha value is -2.54. The number of primary amides is 1. The van der Waals surface area contributed by atoms with Gasteiger partial charge in [-0.25, -0.2) is 9.59 Å². The highest BCUT2D eigenvalue weighted by molar-refractivity contribution is 6.04. The monoisotopic (exact) mass is 287 g/mol. The summed E-state index contributed by atoms with van der Waals surface area (Å²) < 4.78 is 1.32. The molecule has 110 valence electrons. The molecule has 3 amide bonds. The van der Waals surface area contributed by atoms with Crippen LogP contribution in [0, 0.1) is 0 Å². The van der Waals surface area contributed by atoms with E-state index in [-0.39, 0.29) is 12.1 Å². The molecule has 21 heavy (non-hydrogen) atoms. The van der Waals surface area contributed by atoms with Gasteiger partial charge in [-0.1, -0.05) is 18.2 Å². The predicted molar refractivity (Wildman–Crippen MR) is 80.1 cm³/mol. The molecule has 5 N–H and O–H groups in total. The maximum atomic E-state index is 12.2. The van der Waals surface area contributed by atoms with Crippen molar-refractivity contribution in [1.29, 1.82) is 0 Å². The van der Waals surface area contributed by atoms with Crippen LogP contribution in [0.3, 0.4) is 0 Å². The van der Waals surface area contributed by atoms with Crippen LogP contribution in [0.25, 0.3) is 10.9 Å². The number of rotatable bonds is 1. The Morgan fingerprint density at radius 1 is 1.29 bits per heavy atom. The van der Waals surface area contributed by atoms with Gasteiger partial charge < -0.3 is 21.7 Å². The number of para-hydroxylation sites is 1. The van der Waals surface area contributed by atoms with E-state index < -0.39 is 6.03 Å². The van der Waals surface area contributed by atoms with Crippen LogP contribution in [0.1, 0.15) is 6.42 Å². The molecule has 2 heterocycles. The summed E-state index contributed by atoms with van der Waals surface area (Å²) in [6.45, 7) is 1.18. The average Bonchev–Trinajstić information content (AvgIpc) is 3.04. The van der Waals surface area contributed by atoms with Gasteiger partial charge in [0, 0.05) is 30.7 Å². The van der Waals surface area contributed by atoms with Gasteiger partial charge in [-0.2, -0.15) is 0 Å². The number of nitrogens with two attached hydrogens (primary N) is 2. The minimum absolute atomic E-state index is 0.0303. The lowest BCUT2D eigenvalue weighted by Gasteiger charge is -2.16. The zero-order chi connectivity index (χ0) is 15.0. The second-order valence-electron chi connectivity index (χ2n) is 5.19. The van der Waals surface area contributed by atoms with Crippen molar-refractivity contribution >= 4 is 28.7 Å². The van der Waals surface area contributed by atoms with Crippen molar-refractivity contribution in [1.82, 2.24) is 9.47 Å². The lowest BCUT2D eigenvalue weighted by Crippen LogP contribution is -2.35. The summed E-state index contributed by atoms with van der Waals surface area (Å²) in [6, 6.07) is 6.50. The Kier molecular flexibility index (Phi) is 3.26. The van der Waals surface area contributed by atoms with Gasteiger partial charge in [0.2, 0.25) is 0 Å². The number of urea groups is 1. The van der Waals surface area contributed by atoms with Gasteiger partial charge in [-0.3, -0.25) is 4.57 Å². The van der Waals surface area contributed by atoms with Crippen molar-refractivity contribution in [3.05, 3.63) is 30.5 Å². The number of benzene rings is 1. The average molecular weight is 287 g/mol. The third-order valence-electron chi connectivity index (χ3n) is 3.70. The topological polar surface area (TPSA) is 106 Å². The van der Waals surface area contributed by atoms with Crippen molar-refractivity contribution in [3.63, 3.8) is 0 Å². The molecule has 1 aliphatic rings. The molecule has 3 rings (SSSR count). The van der Waals surface area contributed by atoms with Gasteiger partial charge in [0.1, 0.15) is 0 Å². The first kappa shape index (κ1) is 13.4. The van der Waals surface area contributed by atoms with E-state index in [1.54, 1.807) is 17.2 Å². The van der Waals surface area contributed by atoms with Gasteiger partial charge in [0.25, 0.3) is 0 Å². The number of hydrogen-bond acceptors (Lipinski definition) is 3. The summed E-state index contributed by atoms with van der Waals surface area (Å²) in [7, 11) is 0. The molecule has 1 aliphatic heterocycles. The van der Waals surface area contributed by atoms with Crippen molar-refractivity contribution < 1.29 is 9.59 Å². The maximum absolute atomic E-state index is 12.2. The molecule has 0 spiro atoms. The van der Waals surface area contributed by atoms with Crippen molar-refractivity contribution in [2.75, 3.05) is 18.4 Å². The Morgan fingerprint density at radius 3 is 2.71 bits per heavy atom. The van der Waals surface area contributed by atoms with Gasteiger partial charge >= 0.3 is 12.1 Å². The van der Waals surface area contributed by atoms with Gasteiger partial charge in [-0.15, -0.1) is 0 Å². The molecule has 1 fully saturated rings. The second-order valence-corrected chi connectivity index (χ2v) is 5.19. The van der Waals surface area contributed by atoms with Crippen LogP contribution in [0.2, 0.25) is 0 Å². The van der Waals surface area contributed by atoms with Crippen LogP contribution >= 0.6 is 0 Å². The zero-order valence-corrected chi connectivity index (χ0v) is 11.5. The fourth-order valence-electron chi connectivity index (χ4n) is 2.63. The van der Waals surface area contributed by atoms with Crippen LogP contribution in [0.5, 0.6) is 0 Å². The summed E-state index contributed by atoms with van der Waals surface area (Å²) in [5.74, 6) is 0. The molecule has 1 saturated heterocycles. The third-order valence-corrected chi connectivity index (χ3v) is 3.70. The Balaban J connectivity index is 1.90. The van der Waals surface area contributed by atoms with E-state index in [1.807, 2.05) is 18.2 Å². The minimum atomic E-state index is -0.588. The smallest absolute Gasteiger partial charge is 0.323 e. The first-order valence-electron chi connectivity index (χ1n) is 6.77. The molecular weight excluding hydrogens is 270 g/mol. The Labute approximate surface area is 121 Å². The van der Waals surface area contributed by atoms with E-state index in [2.05, 4.69) is 5.32 Å². The fourth-order valence-corrected chi connectivity index (χ4v) is 2.63. The number of amides is 3. The standard InChI is InChI=1S/C14H17N5O2/c15-9-5-6-18(7-9)14(21)17-11-8-19(13(16)20)12-4-2-1-3-10(11)12/h1-4,8-9H,5-7,15H2,(H2,16,20)(H,17,21). The Bertz CT molecular complexity index is 708. The number of likely N-dealkylation sites (tertiary alicyclic amines) is 1. The van der Waals surface area contributed by atoms with Gasteiger partial charge in [-0.05, 0) is 12.5 Å². The minimum Gasteiger partial charge on any atom is -0.351 e. The van der Waals surface area contributed by atoms with Crippen molar-refractivity contribution in [2.45, 2.75) is 12.5 Å². The number of fused-ring (bicyclic) bond motifs is 1. The Morgan fingerprint density at radius 2 is 2.05 bits per heavy atom. The van der Waals surface area contributed by atoms with Crippen LogP contribution in [-0.2, 0) is 0 Å². The molecule has 1 atom stereocenters. The molecule has 1 aromatic heterocycles.